The van der Waals surface area contributed by atoms with Gasteiger partial charge in [-0.1, -0.05) is 13.0 Å². The van der Waals surface area contributed by atoms with Crippen LogP contribution in [0.4, 0.5) is 8.78 Å². The lowest BCUT2D eigenvalue weighted by Gasteiger charge is -2.20. The minimum absolute atomic E-state index is 0.151. The van der Waals surface area contributed by atoms with Crippen molar-refractivity contribution in [1.82, 2.24) is 20.1 Å². The molecule has 1 heterocycles. The van der Waals surface area contributed by atoms with Gasteiger partial charge in [0, 0.05) is 19.5 Å². The topological polar surface area (TPSA) is 42.7 Å². The fourth-order valence-corrected chi connectivity index (χ4v) is 2.71. The molecule has 0 radical (unpaired) electrons. The van der Waals surface area contributed by atoms with Crippen LogP contribution < -0.4 is 5.32 Å². The lowest BCUT2D eigenvalue weighted by molar-refractivity contribution is 0.480. The van der Waals surface area contributed by atoms with Gasteiger partial charge in [0.05, 0.1) is 4.47 Å². The van der Waals surface area contributed by atoms with Crippen molar-refractivity contribution >= 4 is 15.9 Å². The number of nitrogens with one attached hydrogen (secondary N) is 1. The molecule has 0 aliphatic heterocycles. The first-order valence-electron chi connectivity index (χ1n) is 6.74. The highest BCUT2D eigenvalue weighted by Gasteiger charge is 2.20. The SMILES string of the molecule is CCCNC(Cc1ncnn1C)c1ccc(F)c(F)c1Br. The highest BCUT2D eigenvalue weighted by molar-refractivity contribution is 9.10. The van der Waals surface area contributed by atoms with Gasteiger partial charge in [-0.15, -0.1) is 0 Å². The van der Waals surface area contributed by atoms with Gasteiger partial charge >= 0.3 is 0 Å². The van der Waals surface area contributed by atoms with Gasteiger partial charge in [-0.3, -0.25) is 4.68 Å². The fourth-order valence-electron chi connectivity index (χ4n) is 2.11. The van der Waals surface area contributed by atoms with Crippen molar-refractivity contribution in [1.29, 1.82) is 0 Å². The van der Waals surface area contributed by atoms with Crippen molar-refractivity contribution in [2.24, 2.45) is 7.05 Å². The molecule has 7 heteroatoms. The number of aryl methyl sites for hydroxylation is 1. The van der Waals surface area contributed by atoms with Crippen LogP contribution in [-0.2, 0) is 13.5 Å². The first-order valence-corrected chi connectivity index (χ1v) is 7.53. The van der Waals surface area contributed by atoms with Gasteiger partial charge in [0.25, 0.3) is 0 Å². The van der Waals surface area contributed by atoms with Crippen LogP contribution >= 0.6 is 15.9 Å². The Morgan fingerprint density at radius 2 is 2.14 bits per heavy atom. The van der Waals surface area contributed by atoms with Crippen LogP contribution in [0.15, 0.2) is 22.9 Å². The monoisotopic (exact) mass is 358 g/mol. The molecule has 0 aliphatic carbocycles. The molecule has 2 aromatic rings. The number of benzene rings is 1. The molecule has 0 saturated carbocycles. The first kappa shape index (κ1) is 16.0. The van der Waals surface area contributed by atoms with Gasteiger partial charge in [0.1, 0.15) is 12.2 Å². The molecule has 0 bridgehead atoms. The van der Waals surface area contributed by atoms with E-state index in [-0.39, 0.29) is 10.5 Å². The smallest absolute Gasteiger partial charge is 0.173 e. The molecule has 0 aliphatic rings. The molecule has 0 amide bonds. The van der Waals surface area contributed by atoms with E-state index in [1.807, 2.05) is 6.92 Å². The summed E-state index contributed by atoms with van der Waals surface area (Å²) in [4.78, 5) is 4.19. The standard InChI is InChI=1S/C14H17BrF2N4/c1-3-6-18-11(7-12-19-8-20-21(12)2)9-4-5-10(16)14(17)13(9)15/h4-5,8,11,18H,3,6-7H2,1-2H3. The van der Waals surface area contributed by atoms with E-state index in [2.05, 4.69) is 31.3 Å². The van der Waals surface area contributed by atoms with Crippen molar-refractivity contribution in [3.8, 4) is 0 Å². The van der Waals surface area contributed by atoms with Crippen LogP contribution in [-0.4, -0.2) is 21.3 Å². The van der Waals surface area contributed by atoms with Crippen LogP contribution in [0.3, 0.4) is 0 Å². The third-order valence-electron chi connectivity index (χ3n) is 3.27. The maximum Gasteiger partial charge on any atom is 0.173 e. The molecule has 0 saturated heterocycles. The Kier molecular flexibility index (Phi) is 5.41. The van der Waals surface area contributed by atoms with Gasteiger partial charge in [-0.25, -0.2) is 13.8 Å². The van der Waals surface area contributed by atoms with Crippen LogP contribution in [0.1, 0.15) is 30.8 Å². The van der Waals surface area contributed by atoms with Crippen LogP contribution in [0.25, 0.3) is 0 Å². The van der Waals surface area contributed by atoms with E-state index in [0.29, 0.717) is 12.0 Å². The van der Waals surface area contributed by atoms with Gasteiger partial charge in [-0.05, 0) is 40.5 Å². The van der Waals surface area contributed by atoms with Crippen molar-refractivity contribution in [2.75, 3.05) is 6.54 Å². The Balaban J connectivity index is 2.32. The number of halogens is 3. The summed E-state index contributed by atoms with van der Waals surface area (Å²) in [6.45, 7) is 2.82. The summed E-state index contributed by atoms with van der Waals surface area (Å²) in [6.07, 6.45) is 2.96. The average molecular weight is 359 g/mol. The second-order valence-corrected chi connectivity index (χ2v) is 5.57. The second-order valence-electron chi connectivity index (χ2n) is 4.78. The zero-order valence-electron chi connectivity index (χ0n) is 11.9. The molecule has 21 heavy (non-hydrogen) atoms. The van der Waals surface area contributed by atoms with E-state index in [0.717, 1.165) is 24.9 Å². The average Bonchev–Trinajstić information content (AvgIpc) is 2.87. The van der Waals surface area contributed by atoms with E-state index in [9.17, 15) is 8.78 Å². The van der Waals surface area contributed by atoms with E-state index in [1.54, 1.807) is 17.8 Å². The number of aromatic nitrogens is 3. The Labute approximate surface area is 130 Å². The number of hydrogen-bond acceptors (Lipinski definition) is 3. The zero-order valence-corrected chi connectivity index (χ0v) is 13.5. The molecule has 1 N–H and O–H groups in total. The summed E-state index contributed by atoms with van der Waals surface area (Å²) in [7, 11) is 1.81. The molecule has 1 unspecified atom stereocenters. The molecule has 4 nitrogen and oxygen atoms in total. The van der Waals surface area contributed by atoms with Crippen molar-refractivity contribution in [3.05, 3.63) is 46.0 Å². The molecule has 1 aromatic heterocycles. The minimum Gasteiger partial charge on any atom is -0.310 e. The van der Waals surface area contributed by atoms with Crippen molar-refractivity contribution in [2.45, 2.75) is 25.8 Å². The number of rotatable bonds is 6. The third-order valence-corrected chi connectivity index (χ3v) is 4.08. The fraction of sp³-hybridized carbons (Fsp3) is 0.429. The Morgan fingerprint density at radius 3 is 2.76 bits per heavy atom. The maximum absolute atomic E-state index is 13.7. The first-order chi connectivity index (χ1) is 10.0. The summed E-state index contributed by atoms with van der Waals surface area (Å²) >= 11 is 3.15. The summed E-state index contributed by atoms with van der Waals surface area (Å²) < 4.78 is 28.8. The second kappa shape index (κ2) is 7.09. The van der Waals surface area contributed by atoms with E-state index in [1.165, 1.54) is 6.33 Å². The molecule has 1 aromatic carbocycles. The van der Waals surface area contributed by atoms with E-state index >= 15 is 0 Å². The summed E-state index contributed by atoms with van der Waals surface area (Å²) in [5, 5.41) is 7.37. The molecule has 0 fully saturated rings. The van der Waals surface area contributed by atoms with Crippen molar-refractivity contribution in [3.63, 3.8) is 0 Å². The molecule has 1 atom stereocenters. The minimum atomic E-state index is -0.867. The van der Waals surface area contributed by atoms with Gasteiger partial charge in [0.2, 0.25) is 0 Å². The van der Waals surface area contributed by atoms with Crippen molar-refractivity contribution < 1.29 is 8.78 Å². The Morgan fingerprint density at radius 1 is 1.38 bits per heavy atom. The highest BCUT2D eigenvalue weighted by Crippen LogP contribution is 2.29. The lowest BCUT2D eigenvalue weighted by Crippen LogP contribution is -2.26. The Bertz CT molecular complexity index is 615. The largest absolute Gasteiger partial charge is 0.310 e. The summed E-state index contributed by atoms with van der Waals surface area (Å²) in [5.74, 6) is -0.951. The molecular weight excluding hydrogens is 342 g/mol. The van der Waals surface area contributed by atoms with Crippen LogP contribution in [0, 0.1) is 11.6 Å². The van der Waals surface area contributed by atoms with E-state index in [4.69, 9.17) is 0 Å². The molecule has 2 rings (SSSR count). The molecule has 0 spiro atoms. The Hall–Kier alpha value is -1.34. The lowest BCUT2D eigenvalue weighted by atomic mass is 10.0. The maximum atomic E-state index is 13.7. The van der Waals surface area contributed by atoms with Crippen LogP contribution in [0.5, 0.6) is 0 Å². The number of hydrogen-bond donors (Lipinski definition) is 1. The predicted octanol–water partition coefficient (Wildman–Crippen LogP) is 3.14. The quantitative estimate of drug-likeness (QED) is 0.806. The molecular formula is C14H17BrF2N4. The third kappa shape index (κ3) is 3.65. The number of nitrogens with zero attached hydrogens (tertiary/aromatic N) is 3. The molecule has 114 valence electrons. The summed E-state index contributed by atoms with van der Waals surface area (Å²) in [6, 6.07) is 2.57. The van der Waals surface area contributed by atoms with E-state index < -0.39 is 11.6 Å². The zero-order chi connectivity index (χ0) is 15.4. The normalized spacial score (nSPS) is 12.6. The van der Waals surface area contributed by atoms with Crippen LogP contribution in [0.2, 0.25) is 0 Å². The predicted molar refractivity (Wildman–Crippen MR) is 79.8 cm³/mol. The van der Waals surface area contributed by atoms with Gasteiger partial charge < -0.3 is 5.32 Å². The van der Waals surface area contributed by atoms with Gasteiger partial charge in [-0.2, -0.15) is 5.10 Å². The van der Waals surface area contributed by atoms with Gasteiger partial charge in [0.15, 0.2) is 11.6 Å². The highest BCUT2D eigenvalue weighted by atomic mass is 79.9. The summed E-state index contributed by atoms with van der Waals surface area (Å²) in [5.41, 5.74) is 0.672.